The molecule has 142 valence electrons. The van der Waals surface area contributed by atoms with Crippen LogP contribution in [-0.2, 0) is 46.4 Å². The van der Waals surface area contributed by atoms with E-state index in [9.17, 15) is 4.79 Å². The van der Waals surface area contributed by atoms with Crippen molar-refractivity contribution in [3.8, 4) is 0 Å². The van der Waals surface area contributed by atoms with Crippen molar-refractivity contribution >= 4 is 29.8 Å². The molecule has 0 saturated heterocycles. The molecule has 0 spiro atoms. The Morgan fingerprint density at radius 2 is 0.769 bits per heavy atom. The van der Waals surface area contributed by atoms with Gasteiger partial charge in [-0.25, -0.2) is 0 Å². The smallest absolute Gasteiger partial charge is 0.545 e. The first-order valence-corrected chi connectivity index (χ1v) is 5.70. The first-order chi connectivity index (χ1) is 11.4. The zero-order chi connectivity index (χ0) is 21.4. The van der Waals surface area contributed by atoms with E-state index in [1.807, 2.05) is 0 Å². The Labute approximate surface area is 166 Å². The summed E-state index contributed by atoms with van der Waals surface area (Å²) in [4.78, 5) is 45.9. The number of carboxylic acids is 5. The molecule has 0 aliphatic rings. The minimum absolute atomic E-state index is 0. The van der Waals surface area contributed by atoms with Crippen LogP contribution in [-0.4, -0.2) is 35.0 Å². The maximum absolute atomic E-state index is 9.31. The van der Waals surface area contributed by atoms with Crippen LogP contribution in [0, 0.1) is 6.92 Å². The molecule has 0 aromatic heterocycles. The van der Waals surface area contributed by atoms with E-state index < -0.39 is 29.8 Å². The van der Waals surface area contributed by atoms with Crippen molar-refractivity contribution in [2.45, 2.75) is 6.42 Å². The zero-order valence-corrected chi connectivity index (χ0v) is 16.8. The van der Waals surface area contributed by atoms with E-state index in [0.29, 0.717) is 0 Å². The normalized spacial score (nSPS) is 6.35. The topological polar surface area (TPSA) is 198 Å². The second-order valence-corrected chi connectivity index (χ2v) is 2.74. The van der Waals surface area contributed by atoms with E-state index >= 15 is 0 Å². The molecule has 10 nitrogen and oxygen atoms in total. The summed E-state index contributed by atoms with van der Waals surface area (Å²) in [5.41, 5.74) is 0. The number of carboxylic acid groups (broad SMARTS) is 5. The average molecular weight is 538 g/mol. The van der Waals surface area contributed by atoms with E-state index in [-0.39, 0.29) is 28.8 Å². The molecule has 0 aromatic rings. The van der Waals surface area contributed by atoms with Crippen LogP contribution in [0.25, 0.3) is 0 Å². The minimum Gasteiger partial charge on any atom is -0.545 e. The van der Waals surface area contributed by atoms with E-state index in [1.54, 1.807) is 0 Å². The molecule has 0 aliphatic carbocycles. The number of carbonyl (C=O) groups is 5. The summed E-state index contributed by atoms with van der Waals surface area (Å²) < 4.78 is 0. The predicted molar refractivity (Wildman–Crippen MR) is 78.4 cm³/mol. The quantitative estimate of drug-likeness (QED) is 0.266. The fourth-order valence-electron chi connectivity index (χ4n) is 0. The first kappa shape index (κ1) is 38.6. The van der Waals surface area contributed by atoms with Gasteiger partial charge in [0.25, 0.3) is 5.97 Å². The largest absolute Gasteiger partial charge is 5.00 e. The molecule has 26 heavy (non-hydrogen) atoms. The molecule has 0 aliphatic heterocycles. The molecular formula is C15H17O10Ta. The minimum atomic E-state index is -1.23. The summed E-state index contributed by atoms with van der Waals surface area (Å²) in [6.45, 7) is 14.7. The van der Waals surface area contributed by atoms with Gasteiger partial charge in [0.15, 0.2) is 0 Å². The summed E-state index contributed by atoms with van der Waals surface area (Å²) in [6, 6.07) is 0. The first-order valence-electron chi connectivity index (χ1n) is 5.70. The number of carbonyl (C=O) groups excluding carboxylic acids is 4. The molecule has 0 bridgehead atoms. The van der Waals surface area contributed by atoms with E-state index in [2.05, 4.69) is 33.2 Å². The second kappa shape index (κ2) is 33.6. The van der Waals surface area contributed by atoms with Gasteiger partial charge in [0, 0.05) is 0 Å². The van der Waals surface area contributed by atoms with Gasteiger partial charge in [0.2, 0.25) is 0 Å². The van der Waals surface area contributed by atoms with Crippen LogP contribution in [0.3, 0.4) is 0 Å². The third-order valence-electron chi connectivity index (χ3n) is 0.881. The van der Waals surface area contributed by atoms with Gasteiger partial charge in [-0.3, -0.25) is 4.79 Å². The van der Waals surface area contributed by atoms with Crippen LogP contribution in [0.1, 0.15) is 6.42 Å². The van der Waals surface area contributed by atoms with Crippen molar-refractivity contribution in [1.82, 2.24) is 0 Å². The maximum atomic E-state index is 9.31. The number of aliphatic carboxylic acids is 5. The van der Waals surface area contributed by atoms with Crippen molar-refractivity contribution in [3.63, 3.8) is 0 Å². The van der Waals surface area contributed by atoms with Crippen molar-refractivity contribution < 1.29 is 71.9 Å². The van der Waals surface area contributed by atoms with Crippen LogP contribution in [0.15, 0.2) is 50.6 Å². The SMILES string of the molecule is C=CC(=O)[O-].C=CC(=O)[O-].C=CC(=O)[O-].C=CC(=O)[O-].[CH2-]CC(=O)O.[Ta+5]. The summed E-state index contributed by atoms with van der Waals surface area (Å²) in [7, 11) is 0. The summed E-state index contributed by atoms with van der Waals surface area (Å²) in [5, 5.41) is 44.2. The maximum Gasteiger partial charge on any atom is 5.00 e. The van der Waals surface area contributed by atoms with Crippen molar-refractivity contribution in [1.29, 1.82) is 0 Å². The molecule has 1 N–H and O–H groups in total. The molecule has 0 atom stereocenters. The fraction of sp³-hybridized carbons (Fsp3) is 0.0667. The molecule has 0 saturated carbocycles. The van der Waals surface area contributed by atoms with Crippen LogP contribution in [0.2, 0.25) is 0 Å². The van der Waals surface area contributed by atoms with Crippen LogP contribution in [0.4, 0.5) is 0 Å². The number of hydrogen-bond acceptors (Lipinski definition) is 9. The Hall–Kier alpha value is -2.95. The Morgan fingerprint density at radius 3 is 0.769 bits per heavy atom. The fourth-order valence-corrected chi connectivity index (χ4v) is 0. The summed E-state index contributed by atoms with van der Waals surface area (Å²) >= 11 is 0. The monoisotopic (exact) mass is 538 g/mol. The molecule has 0 unspecified atom stereocenters. The van der Waals surface area contributed by atoms with E-state index in [0.717, 1.165) is 24.3 Å². The van der Waals surface area contributed by atoms with Gasteiger partial charge in [-0.15, -0.1) is 0 Å². The van der Waals surface area contributed by atoms with Gasteiger partial charge in [-0.05, 0) is 24.3 Å². The standard InChI is InChI=1S/C3H5O2.4C3H4O2.Ta/c5*1-2-3(4)5;/h1-2H2,(H,4,5);4*2H,1H2,(H,4,5);/q-1;;;;;+5/p-4. The third-order valence-corrected chi connectivity index (χ3v) is 0.881. The van der Waals surface area contributed by atoms with Crippen LogP contribution < -0.4 is 20.4 Å². The Morgan fingerprint density at radius 1 is 0.692 bits per heavy atom. The average Bonchev–Trinajstić information content (AvgIpc) is 2.56. The van der Waals surface area contributed by atoms with E-state index in [1.165, 1.54) is 0 Å². The van der Waals surface area contributed by atoms with E-state index in [4.69, 9.17) is 44.7 Å². The zero-order valence-electron chi connectivity index (χ0n) is 13.6. The van der Waals surface area contributed by atoms with Gasteiger partial charge in [0.1, 0.15) is 0 Å². The molecule has 0 heterocycles. The van der Waals surface area contributed by atoms with Crippen LogP contribution >= 0.6 is 0 Å². The molecule has 11 heteroatoms. The Kier molecular flexibility index (Phi) is 49.8. The Balaban J connectivity index is -0.0000000476. The predicted octanol–water partition coefficient (Wildman–Crippen LogP) is -4.02. The van der Waals surface area contributed by atoms with Crippen molar-refractivity contribution in [2.75, 3.05) is 0 Å². The van der Waals surface area contributed by atoms with Gasteiger partial charge in [-0.1, -0.05) is 32.7 Å². The third kappa shape index (κ3) is 170. The summed E-state index contributed by atoms with van der Waals surface area (Å²) in [6.07, 6.45) is 2.86. The number of hydrogen-bond donors (Lipinski definition) is 1. The molecule has 0 radical (unpaired) electrons. The second-order valence-electron chi connectivity index (χ2n) is 2.74. The van der Waals surface area contributed by atoms with Gasteiger partial charge in [-0.2, -0.15) is 0 Å². The molecule has 0 amide bonds. The summed E-state index contributed by atoms with van der Waals surface area (Å²) in [5.74, 6) is -5.78. The van der Waals surface area contributed by atoms with Crippen molar-refractivity contribution in [2.24, 2.45) is 0 Å². The van der Waals surface area contributed by atoms with Gasteiger partial charge in [0.05, 0.1) is 23.9 Å². The molecule has 0 rings (SSSR count). The molecule has 0 aromatic carbocycles. The number of rotatable bonds is 5. The molecule has 0 fully saturated rings. The van der Waals surface area contributed by atoms with Gasteiger partial charge < -0.3 is 51.6 Å². The Bertz CT molecular complexity index is 397. The molecular weight excluding hydrogens is 521 g/mol. The van der Waals surface area contributed by atoms with Crippen LogP contribution in [0.5, 0.6) is 0 Å². The van der Waals surface area contributed by atoms with Crippen molar-refractivity contribution in [3.05, 3.63) is 57.5 Å². The van der Waals surface area contributed by atoms with Gasteiger partial charge >= 0.3 is 22.4 Å².